The van der Waals surface area contributed by atoms with Gasteiger partial charge in [-0.15, -0.1) is 0 Å². The van der Waals surface area contributed by atoms with Gasteiger partial charge in [-0.1, -0.05) is 18.2 Å². The molecule has 14 heavy (non-hydrogen) atoms. The fourth-order valence-electron chi connectivity index (χ4n) is 1.73. The SMILES string of the molecule is CN[C@@H](C)Cc1c[nH]c2ccccc12. The first-order valence-electron chi connectivity index (χ1n) is 5.03. The molecule has 2 heteroatoms. The molecular formula is C12H16N2. The Bertz CT molecular complexity index is 417. The maximum Gasteiger partial charge on any atom is 0.0456 e. The number of rotatable bonds is 3. The Labute approximate surface area is 84.3 Å². The summed E-state index contributed by atoms with van der Waals surface area (Å²) in [4.78, 5) is 3.29. The van der Waals surface area contributed by atoms with E-state index in [0.29, 0.717) is 6.04 Å². The summed E-state index contributed by atoms with van der Waals surface area (Å²) in [6, 6.07) is 8.95. The molecule has 1 aromatic carbocycles. The van der Waals surface area contributed by atoms with E-state index < -0.39 is 0 Å². The van der Waals surface area contributed by atoms with Crippen LogP contribution < -0.4 is 5.32 Å². The summed E-state index contributed by atoms with van der Waals surface area (Å²) < 4.78 is 0. The summed E-state index contributed by atoms with van der Waals surface area (Å²) in [6.07, 6.45) is 3.18. The molecule has 1 aromatic heterocycles. The standard InChI is InChI=1S/C12H16N2/c1-9(13-2)7-10-8-14-12-6-4-3-5-11(10)12/h3-6,8-9,13-14H,7H2,1-2H3/t9-/m0/s1. The number of hydrogen-bond acceptors (Lipinski definition) is 1. The van der Waals surface area contributed by atoms with Crippen molar-refractivity contribution in [1.82, 2.24) is 10.3 Å². The zero-order valence-corrected chi connectivity index (χ0v) is 8.67. The van der Waals surface area contributed by atoms with Crippen molar-refractivity contribution in [3.63, 3.8) is 0 Å². The normalized spacial score (nSPS) is 13.3. The van der Waals surface area contributed by atoms with Crippen molar-refractivity contribution in [1.29, 1.82) is 0 Å². The molecule has 0 unspecified atom stereocenters. The second kappa shape index (κ2) is 3.84. The molecule has 0 aliphatic heterocycles. The predicted molar refractivity (Wildman–Crippen MR) is 60.5 cm³/mol. The molecule has 0 aliphatic rings. The van der Waals surface area contributed by atoms with E-state index in [1.54, 1.807) is 0 Å². The van der Waals surface area contributed by atoms with Crippen LogP contribution in [0, 0.1) is 0 Å². The molecule has 0 saturated carbocycles. The summed E-state index contributed by atoms with van der Waals surface area (Å²) in [7, 11) is 2.00. The lowest BCUT2D eigenvalue weighted by molar-refractivity contribution is 0.610. The summed E-state index contributed by atoms with van der Waals surface area (Å²) in [5.74, 6) is 0. The number of para-hydroxylation sites is 1. The quantitative estimate of drug-likeness (QED) is 0.760. The van der Waals surface area contributed by atoms with Crippen LogP contribution in [0.15, 0.2) is 30.5 Å². The van der Waals surface area contributed by atoms with E-state index in [4.69, 9.17) is 0 Å². The van der Waals surface area contributed by atoms with Crippen LogP contribution in [-0.4, -0.2) is 18.1 Å². The first-order valence-corrected chi connectivity index (χ1v) is 5.03. The Morgan fingerprint density at radius 1 is 1.36 bits per heavy atom. The first-order chi connectivity index (χ1) is 6.81. The second-order valence-electron chi connectivity index (χ2n) is 3.75. The fourth-order valence-corrected chi connectivity index (χ4v) is 1.73. The molecule has 0 spiro atoms. The summed E-state index contributed by atoms with van der Waals surface area (Å²) >= 11 is 0. The van der Waals surface area contributed by atoms with Gasteiger partial charge < -0.3 is 10.3 Å². The lowest BCUT2D eigenvalue weighted by atomic mass is 10.1. The van der Waals surface area contributed by atoms with E-state index in [1.165, 1.54) is 16.5 Å². The van der Waals surface area contributed by atoms with Crippen LogP contribution in [0.5, 0.6) is 0 Å². The van der Waals surface area contributed by atoms with Gasteiger partial charge in [0, 0.05) is 23.1 Å². The van der Waals surface area contributed by atoms with Gasteiger partial charge in [0.2, 0.25) is 0 Å². The molecule has 1 atom stereocenters. The van der Waals surface area contributed by atoms with E-state index >= 15 is 0 Å². The second-order valence-corrected chi connectivity index (χ2v) is 3.75. The maximum absolute atomic E-state index is 3.29. The summed E-state index contributed by atoms with van der Waals surface area (Å²) in [5, 5.41) is 4.60. The van der Waals surface area contributed by atoms with Gasteiger partial charge in [-0.25, -0.2) is 0 Å². The van der Waals surface area contributed by atoms with Gasteiger partial charge in [-0.05, 0) is 32.0 Å². The number of H-pyrrole nitrogens is 1. The number of benzene rings is 1. The zero-order valence-electron chi connectivity index (χ0n) is 8.67. The Morgan fingerprint density at radius 2 is 2.14 bits per heavy atom. The largest absolute Gasteiger partial charge is 0.361 e. The van der Waals surface area contributed by atoms with Crippen molar-refractivity contribution in [2.45, 2.75) is 19.4 Å². The van der Waals surface area contributed by atoms with Crippen molar-refractivity contribution in [3.05, 3.63) is 36.0 Å². The van der Waals surface area contributed by atoms with Crippen LogP contribution >= 0.6 is 0 Å². The minimum atomic E-state index is 0.522. The third kappa shape index (κ3) is 1.66. The first kappa shape index (κ1) is 9.28. The molecule has 0 bridgehead atoms. The van der Waals surface area contributed by atoms with E-state index in [2.05, 4.69) is 47.7 Å². The highest BCUT2D eigenvalue weighted by atomic mass is 14.8. The third-order valence-electron chi connectivity index (χ3n) is 2.69. The van der Waals surface area contributed by atoms with Crippen molar-refractivity contribution < 1.29 is 0 Å². The molecule has 0 fully saturated rings. The molecule has 2 N–H and O–H groups in total. The van der Waals surface area contributed by atoms with Gasteiger partial charge in [0.25, 0.3) is 0 Å². The van der Waals surface area contributed by atoms with Crippen molar-refractivity contribution >= 4 is 10.9 Å². The van der Waals surface area contributed by atoms with Crippen LogP contribution in [0.4, 0.5) is 0 Å². The molecule has 1 heterocycles. The summed E-state index contributed by atoms with van der Waals surface area (Å²) in [5.41, 5.74) is 2.62. The fraction of sp³-hybridized carbons (Fsp3) is 0.333. The third-order valence-corrected chi connectivity index (χ3v) is 2.69. The molecule has 0 saturated heterocycles. The molecule has 2 aromatic rings. The van der Waals surface area contributed by atoms with E-state index in [1.807, 2.05) is 7.05 Å². The van der Waals surface area contributed by atoms with E-state index in [0.717, 1.165) is 6.42 Å². The van der Waals surface area contributed by atoms with Gasteiger partial charge >= 0.3 is 0 Å². The number of nitrogens with one attached hydrogen (secondary N) is 2. The zero-order chi connectivity index (χ0) is 9.97. The average molecular weight is 188 g/mol. The Morgan fingerprint density at radius 3 is 2.93 bits per heavy atom. The van der Waals surface area contributed by atoms with Crippen molar-refractivity contribution in [2.75, 3.05) is 7.05 Å². The molecule has 0 amide bonds. The Balaban J connectivity index is 2.33. The Kier molecular flexibility index (Phi) is 2.55. The molecular weight excluding hydrogens is 172 g/mol. The van der Waals surface area contributed by atoms with Crippen molar-refractivity contribution in [2.24, 2.45) is 0 Å². The van der Waals surface area contributed by atoms with Crippen LogP contribution in [0.3, 0.4) is 0 Å². The molecule has 74 valence electrons. The minimum Gasteiger partial charge on any atom is -0.361 e. The topological polar surface area (TPSA) is 27.8 Å². The molecule has 2 nitrogen and oxygen atoms in total. The average Bonchev–Trinajstić information content (AvgIpc) is 2.62. The lowest BCUT2D eigenvalue weighted by Crippen LogP contribution is -2.23. The smallest absolute Gasteiger partial charge is 0.0456 e. The van der Waals surface area contributed by atoms with E-state index in [-0.39, 0.29) is 0 Å². The summed E-state index contributed by atoms with van der Waals surface area (Å²) in [6.45, 7) is 2.20. The van der Waals surface area contributed by atoms with Gasteiger partial charge in [-0.2, -0.15) is 0 Å². The van der Waals surface area contributed by atoms with Crippen LogP contribution in [0.2, 0.25) is 0 Å². The lowest BCUT2D eigenvalue weighted by Gasteiger charge is -2.08. The number of aromatic amines is 1. The van der Waals surface area contributed by atoms with Crippen LogP contribution in [0.25, 0.3) is 10.9 Å². The highest BCUT2D eigenvalue weighted by Crippen LogP contribution is 2.18. The number of fused-ring (bicyclic) bond motifs is 1. The van der Waals surface area contributed by atoms with Gasteiger partial charge in [-0.3, -0.25) is 0 Å². The monoisotopic (exact) mass is 188 g/mol. The van der Waals surface area contributed by atoms with Crippen LogP contribution in [-0.2, 0) is 6.42 Å². The van der Waals surface area contributed by atoms with Crippen molar-refractivity contribution in [3.8, 4) is 0 Å². The van der Waals surface area contributed by atoms with Crippen LogP contribution in [0.1, 0.15) is 12.5 Å². The predicted octanol–water partition coefficient (Wildman–Crippen LogP) is 2.32. The highest BCUT2D eigenvalue weighted by Gasteiger charge is 2.05. The highest BCUT2D eigenvalue weighted by molar-refractivity contribution is 5.83. The maximum atomic E-state index is 3.29. The minimum absolute atomic E-state index is 0.522. The molecule has 0 aliphatic carbocycles. The number of hydrogen-bond donors (Lipinski definition) is 2. The van der Waals surface area contributed by atoms with Gasteiger partial charge in [0.1, 0.15) is 0 Å². The molecule has 2 rings (SSSR count). The number of aromatic nitrogens is 1. The molecule has 0 radical (unpaired) electrons. The van der Waals surface area contributed by atoms with Gasteiger partial charge in [0.15, 0.2) is 0 Å². The van der Waals surface area contributed by atoms with E-state index in [9.17, 15) is 0 Å². The van der Waals surface area contributed by atoms with Gasteiger partial charge in [0.05, 0.1) is 0 Å². The Hall–Kier alpha value is -1.28. The number of likely N-dealkylation sites (N-methyl/N-ethyl adjacent to an activating group) is 1.